The molecule has 2 aromatic rings. The highest BCUT2D eigenvalue weighted by Gasteiger charge is 2.28. The maximum Gasteiger partial charge on any atom is 0.387 e. The Morgan fingerprint density at radius 2 is 1.89 bits per heavy atom. The van der Waals surface area contributed by atoms with Crippen LogP contribution in [0.5, 0.6) is 5.75 Å². The number of aryl methyl sites for hydroxylation is 1. The molecule has 0 unspecified atom stereocenters. The minimum atomic E-state index is -2.96. The van der Waals surface area contributed by atoms with Crippen LogP contribution in [0.3, 0.4) is 0 Å². The smallest absolute Gasteiger partial charge is 0.387 e. The number of ether oxygens (including phenoxy) is 1. The van der Waals surface area contributed by atoms with E-state index in [1.54, 1.807) is 12.1 Å². The number of hydrogen-bond acceptors (Lipinski definition) is 1. The lowest BCUT2D eigenvalue weighted by Crippen LogP contribution is -2.15. The van der Waals surface area contributed by atoms with E-state index in [1.807, 2.05) is 18.2 Å². The van der Waals surface area contributed by atoms with Crippen LogP contribution in [0.4, 0.5) is 13.2 Å². The lowest BCUT2D eigenvalue weighted by Gasteiger charge is -2.29. The second kappa shape index (κ2) is 9.49. The first-order valence-electron chi connectivity index (χ1n) is 10.4. The molecule has 0 aliphatic heterocycles. The number of halogens is 3. The predicted octanol–water partition coefficient (Wildman–Crippen LogP) is 7.77. The van der Waals surface area contributed by atoms with E-state index >= 15 is 4.39 Å². The Labute approximate surface area is 165 Å². The third-order valence-corrected chi connectivity index (χ3v) is 5.94. The van der Waals surface area contributed by atoms with Gasteiger partial charge >= 0.3 is 6.61 Å². The highest BCUT2D eigenvalue weighted by atomic mass is 19.3. The lowest BCUT2D eigenvalue weighted by molar-refractivity contribution is -0.0508. The van der Waals surface area contributed by atoms with Gasteiger partial charge in [-0.15, -0.1) is 6.58 Å². The van der Waals surface area contributed by atoms with Crippen LogP contribution in [-0.4, -0.2) is 6.61 Å². The summed E-state index contributed by atoms with van der Waals surface area (Å²) in [5.74, 6) is -0.0911. The van der Waals surface area contributed by atoms with E-state index < -0.39 is 12.4 Å². The number of unbranched alkanes of at least 4 members (excludes halogenated alkanes) is 2. The Bertz CT molecular complexity index is 807. The fourth-order valence-corrected chi connectivity index (χ4v) is 4.36. The zero-order chi connectivity index (χ0) is 20.1. The summed E-state index contributed by atoms with van der Waals surface area (Å²) < 4.78 is 46.3. The van der Waals surface area contributed by atoms with Crippen molar-refractivity contribution < 1.29 is 17.9 Å². The third-order valence-electron chi connectivity index (χ3n) is 5.94. The molecule has 0 spiro atoms. The van der Waals surface area contributed by atoms with E-state index in [0.29, 0.717) is 22.3 Å². The maximum absolute atomic E-state index is 15.4. The Balaban J connectivity index is 1.98. The van der Waals surface area contributed by atoms with Crippen molar-refractivity contribution in [1.29, 1.82) is 0 Å². The molecule has 0 atom stereocenters. The van der Waals surface area contributed by atoms with Crippen molar-refractivity contribution in [2.75, 3.05) is 0 Å². The summed E-state index contributed by atoms with van der Waals surface area (Å²) in [5, 5.41) is 1.12. The van der Waals surface area contributed by atoms with Crippen molar-refractivity contribution in [3.05, 3.63) is 53.9 Å². The van der Waals surface area contributed by atoms with E-state index in [-0.39, 0.29) is 11.7 Å². The van der Waals surface area contributed by atoms with Gasteiger partial charge in [0.25, 0.3) is 0 Å². The number of fused-ring (bicyclic) bond motifs is 1. The minimum Gasteiger partial charge on any atom is -0.434 e. The van der Waals surface area contributed by atoms with Crippen molar-refractivity contribution >= 4 is 10.8 Å². The number of alkyl halides is 2. The van der Waals surface area contributed by atoms with Gasteiger partial charge in [-0.1, -0.05) is 44.0 Å². The number of allylic oxidation sites excluding steroid dienone is 1. The van der Waals surface area contributed by atoms with Crippen molar-refractivity contribution in [2.45, 2.75) is 70.8 Å². The van der Waals surface area contributed by atoms with Gasteiger partial charge in [-0.05, 0) is 67.4 Å². The van der Waals surface area contributed by atoms with E-state index in [0.717, 1.165) is 56.9 Å². The van der Waals surface area contributed by atoms with Gasteiger partial charge < -0.3 is 4.74 Å². The lowest BCUT2D eigenvalue weighted by atomic mass is 9.78. The molecule has 1 fully saturated rings. The zero-order valence-corrected chi connectivity index (χ0v) is 16.5. The molecule has 4 heteroatoms. The van der Waals surface area contributed by atoms with Gasteiger partial charge in [0.15, 0.2) is 0 Å². The Morgan fingerprint density at radius 3 is 2.54 bits per heavy atom. The average Bonchev–Trinajstić information content (AvgIpc) is 2.68. The predicted molar refractivity (Wildman–Crippen MR) is 109 cm³/mol. The molecule has 0 N–H and O–H groups in total. The van der Waals surface area contributed by atoms with Crippen LogP contribution in [-0.2, 0) is 6.42 Å². The van der Waals surface area contributed by atoms with Gasteiger partial charge in [0.2, 0.25) is 0 Å². The standard InChI is InChI=1S/C24H29F3O/c1-3-5-6-7-17-10-13-20-19(14-17)15-21(28-24(26)27)22(23(20)25)18-11-8-16(4-2)9-12-18/h4,10,13-16,18,24H,2-3,5-9,11-12H2,1H3. The quantitative estimate of drug-likeness (QED) is 0.330. The molecular formula is C24H29F3O. The van der Waals surface area contributed by atoms with Crippen LogP contribution in [0.2, 0.25) is 0 Å². The summed E-state index contributed by atoms with van der Waals surface area (Å²) in [7, 11) is 0. The fourth-order valence-electron chi connectivity index (χ4n) is 4.36. The maximum atomic E-state index is 15.4. The Kier molecular flexibility index (Phi) is 7.03. The molecule has 2 aromatic carbocycles. The van der Waals surface area contributed by atoms with E-state index in [2.05, 4.69) is 13.5 Å². The van der Waals surface area contributed by atoms with Crippen LogP contribution in [0.25, 0.3) is 10.8 Å². The minimum absolute atomic E-state index is 0.00670. The van der Waals surface area contributed by atoms with Crippen LogP contribution in [0.15, 0.2) is 36.9 Å². The summed E-state index contributed by atoms with van der Waals surface area (Å²) >= 11 is 0. The number of benzene rings is 2. The van der Waals surface area contributed by atoms with Gasteiger partial charge in [0.05, 0.1) is 0 Å². The third kappa shape index (κ3) is 4.71. The molecule has 3 rings (SSSR count). The van der Waals surface area contributed by atoms with Gasteiger partial charge in [-0.3, -0.25) is 0 Å². The average molecular weight is 390 g/mol. The van der Waals surface area contributed by atoms with Gasteiger partial charge in [0.1, 0.15) is 11.6 Å². The molecule has 1 aliphatic rings. The van der Waals surface area contributed by atoms with Crippen molar-refractivity contribution in [1.82, 2.24) is 0 Å². The van der Waals surface area contributed by atoms with Gasteiger partial charge in [-0.25, -0.2) is 4.39 Å². The second-order valence-electron chi connectivity index (χ2n) is 7.84. The fraction of sp³-hybridized carbons (Fsp3) is 0.500. The second-order valence-corrected chi connectivity index (χ2v) is 7.84. The topological polar surface area (TPSA) is 9.23 Å². The van der Waals surface area contributed by atoms with Crippen molar-refractivity contribution in [3.8, 4) is 5.75 Å². The first kappa shape index (κ1) is 20.8. The highest BCUT2D eigenvalue weighted by Crippen LogP contribution is 2.43. The first-order valence-corrected chi connectivity index (χ1v) is 10.4. The van der Waals surface area contributed by atoms with Crippen LogP contribution in [0, 0.1) is 11.7 Å². The zero-order valence-electron chi connectivity index (χ0n) is 16.5. The molecule has 0 amide bonds. The molecule has 28 heavy (non-hydrogen) atoms. The van der Waals surface area contributed by atoms with Gasteiger partial charge in [-0.2, -0.15) is 8.78 Å². The Morgan fingerprint density at radius 1 is 1.14 bits per heavy atom. The molecule has 1 aliphatic carbocycles. The highest BCUT2D eigenvalue weighted by molar-refractivity contribution is 5.86. The summed E-state index contributed by atoms with van der Waals surface area (Å²) in [6, 6.07) is 7.25. The van der Waals surface area contributed by atoms with Crippen LogP contribution >= 0.6 is 0 Å². The number of hydrogen-bond donors (Lipinski definition) is 0. The molecule has 1 saturated carbocycles. The van der Waals surface area contributed by atoms with Gasteiger partial charge in [0, 0.05) is 10.9 Å². The summed E-state index contributed by atoms with van der Waals surface area (Å²) in [4.78, 5) is 0. The van der Waals surface area contributed by atoms with Crippen molar-refractivity contribution in [2.24, 2.45) is 5.92 Å². The van der Waals surface area contributed by atoms with Crippen LogP contribution in [0.1, 0.15) is 68.9 Å². The van der Waals surface area contributed by atoms with Crippen molar-refractivity contribution in [3.63, 3.8) is 0 Å². The summed E-state index contributed by atoms with van der Waals surface area (Å²) in [6.07, 6.45) is 9.49. The summed E-state index contributed by atoms with van der Waals surface area (Å²) in [5.41, 5.74) is 1.41. The first-order chi connectivity index (χ1) is 13.5. The molecule has 0 heterocycles. The molecule has 0 radical (unpaired) electrons. The molecule has 0 saturated heterocycles. The molecule has 0 bridgehead atoms. The monoisotopic (exact) mass is 390 g/mol. The molecule has 152 valence electrons. The van der Waals surface area contributed by atoms with Crippen LogP contribution < -0.4 is 4.74 Å². The molecule has 1 nitrogen and oxygen atoms in total. The summed E-state index contributed by atoms with van der Waals surface area (Å²) in [6.45, 7) is 3.02. The Hall–Kier alpha value is -1.97. The number of rotatable bonds is 8. The van der Waals surface area contributed by atoms with E-state index in [9.17, 15) is 8.78 Å². The van der Waals surface area contributed by atoms with E-state index in [1.165, 1.54) is 0 Å². The normalized spacial score (nSPS) is 19.9. The SMILES string of the molecule is C=CC1CCC(c2c(OC(F)F)cc3cc(CCCCC)ccc3c2F)CC1. The van der Waals surface area contributed by atoms with E-state index in [4.69, 9.17) is 4.74 Å². The molecular weight excluding hydrogens is 361 g/mol. The molecule has 0 aromatic heterocycles. The largest absolute Gasteiger partial charge is 0.434 e.